The topological polar surface area (TPSA) is 70.6 Å². The standard InChI is InChI=1S/C13H20N2O3/c1-10(11-6-4-3-5-7-11)15-13(17)14-8-12(16)9-18-2/h3-7,10,12,16H,8-9H2,1-2H3,(H2,14,15,17). The molecule has 2 atom stereocenters. The van der Waals surface area contributed by atoms with Crippen molar-refractivity contribution in [3.05, 3.63) is 35.9 Å². The van der Waals surface area contributed by atoms with Crippen LogP contribution in [0.2, 0.25) is 0 Å². The van der Waals surface area contributed by atoms with Gasteiger partial charge in [0.15, 0.2) is 0 Å². The highest BCUT2D eigenvalue weighted by molar-refractivity contribution is 5.74. The van der Waals surface area contributed by atoms with Gasteiger partial charge in [-0.1, -0.05) is 30.3 Å². The number of aliphatic hydroxyl groups is 1. The fourth-order valence-electron chi connectivity index (χ4n) is 1.53. The van der Waals surface area contributed by atoms with Gasteiger partial charge < -0.3 is 20.5 Å². The zero-order valence-corrected chi connectivity index (χ0v) is 10.7. The lowest BCUT2D eigenvalue weighted by Gasteiger charge is -2.16. The molecule has 5 heteroatoms. The van der Waals surface area contributed by atoms with Gasteiger partial charge in [0.25, 0.3) is 0 Å². The number of amides is 2. The minimum atomic E-state index is -0.687. The summed E-state index contributed by atoms with van der Waals surface area (Å²) in [7, 11) is 1.50. The highest BCUT2D eigenvalue weighted by Gasteiger charge is 2.10. The van der Waals surface area contributed by atoms with Gasteiger partial charge in [0, 0.05) is 13.7 Å². The van der Waals surface area contributed by atoms with E-state index in [1.807, 2.05) is 37.3 Å². The first-order valence-electron chi connectivity index (χ1n) is 5.89. The molecule has 0 saturated heterocycles. The largest absolute Gasteiger partial charge is 0.389 e. The SMILES string of the molecule is COCC(O)CNC(=O)NC(C)c1ccccc1. The summed E-state index contributed by atoms with van der Waals surface area (Å²) in [5.74, 6) is 0. The van der Waals surface area contributed by atoms with Gasteiger partial charge in [-0.3, -0.25) is 0 Å². The minimum Gasteiger partial charge on any atom is -0.389 e. The molecule has 0 fully saturated rings. The van der Waals surface area contributed by atoms with Crippen molar-refractivity contribution in [3.8, 4) is 0 Å². The second-order valence-corrected chi connectivity index (χ2v) is 4.10. The molecule has 0 heterocycles. The van der Waals surface area contributed by atoms with Crippen LogP contribution < -0.4 is 10.6 Å². The first-order chi connectivity index (χ1) is 8.63. The van der Waals surface area contributed by atoms with Gasteiger partial charge >= 0.3 is 6.03 Å². The fourth-order valence-corrected chi connectivity index (χ4v) is 1.53. The summed E-state index contributed by atoms with van der Waals surface area (Å²) in [5.41, 5.74) is 1.03. The third kappa shape index (κ3) is 5.16. The number of nitrogens with one attached hydrogen (secondary N) is 2. The molecule has 0 aliphatic heterocycles. The number of hydrogen-bond acceptors (Lipinski definition) is 3. The van der Waals surface area contributed by atoms with Crippen LogP contribution in [0, 0.1) is 0 Å². The molecule has 2 unspecified atom stereocenters. The third-order valence-electron chi connectivity index (χ3n) is 2.50. The van der Waals surface area contributed by atoms with Gasteiger partial charge in [-0.2, -0.15) is 0 Å². The van der Waals surface area contributed by atoms with E-state index in [0.717, 1.165) is 5.56 Å². The zero-order valence-electron chi connectivity index (χ0n) is 10.7. The molecule has 0 saturated carbocycles. The molecule has 3 N–H and O–H groups in total. The maximum absolute atomic E-state index is 11.6. The van der Waals surface area contributed by atoms with Crippen LogP contribution in [0.1, 0.15) is 18.5 Å². The smallest absolute Gasteiger partial charge is 0.315 e. The van der Waals surface area contributed by atoms with Crippen molar-refractivity contribution in [2.75, 3.05) is 20.3 Å². The molecule has 1 rings (SSSR count). The predicted octanol–water partition coefficient (Wildman–Crippen LogP) is 1.05. The lowest BCUT2D eigenvalue weighted by molar-refractivity contribution is 0.0659. The van der Waals surface area contributed by atoms with Crippen molar-refractivity contribution in [2.45, 2.75) is 19.1 Å². The van der Waals surface area contributed by atoms with Crippen LogP contribution in [0.4, 0.5) is 4.79 Å². The van der Waals surface area contributed by atoms with Crippen LogP contribution in [-0.2, 0) is 4.74 Å². The maximum Gasteiger partial charge on any atom is 0.315 e. The molecule has 0 aromatic heterocycles. The zero-order chi connectivity index (χ0) is 13.4. The predicted molar refractivity (Wildman–Crippen MR) is 69.3 cm³/mol. The molecule has 0 aliphatic carbocycles. The Labute approximate surface area is 107 Å². The number of carbonyl (C=O) groups is 1. The number of benzene rings is 1. The van der Waals surface area contributed by atoms with E-state index in [1.54, 1.807) is 0 Å². The van der Waals surface area contributed by atoms with Crippen LogP contribution in [0.25, 0.3) is 0 Å². The molecular formula is C13H20N2O3. The van der Waals surface area contributed by atoms with Crippen LogP contribution in [0.15, 0.2) is 30.3 Å². The number of urea groups is 1. The summed E-state index contributed by atoms with van der Waals surface area (Å²) in [5, 5.41) is 14.8. The fraction of sp³-hybridized carbons (Fsp3) is 0.462. The van der Waals surface area contributed by atoms with E-state index >= 15 is 0 Å². The van der Waals surface area contributed by atoms with E-state index in [2.05, 4.69) is 10.6 Å². The molecule has 2 amide bonds. The Balaban J connectivity index is 2.32. The van der Waals surface area contributed by atoms with Gasteiger partial charge in [-0.05, 0) is 12.5 Å². The normalized spacial score (nSPS) is 13.7. The molecule has 0 aliphatic rings. The molecular weight excluding hydrogens is 232 g/mol. The molecule has 0 spiro atoms. The first kappa shape index (κ1) is 14.5. The number of aliphatic hydroxyl groups excluding tert-OH is 1. The number of hydrogen-bond donors (Lipinski definition) is 3. The van der Waals surface area contributed by atoms with Gasteiger partial charge in [0.2, 0.25) is 0 Å². The van der Waals surface area contributed by atoms with Crippen molar-refractivity contribution < 1.29 is 14.6 Å². The third-order valence-corrected chi connectivity index (χ3v) is 2.50. The van der Waals surface area contributed by atoms with Gasteiger partial charge in [-0.25, -0.2) is 4.79 Å². The first-order valence-corrected chi connectivity index (χ1v) is 5.89. The van der Waals surface area contributed by atoms with Gasteiger partial charge in [-0.15, -0.1) is 0 Å². The summed E-state index contributed by atoms with van der Waals surface area (Å²) in [6.45, 7) is 2.27. The Morgan fingerprint density at radius 2 is 2.06 bits per heavy atom. The van der Waals surface area contributed by atoms with E-state index in [9.17, 15) is 9.90 Å². The van der Waals surface area contributed by atoms with E-state index in [-0.39, 0.29) is 25.2 Å². The number of methoxy groups -OCH3 is 1. The number of ether oxygens (including phenoxy) is 1. The van der Waals surface area contributed by atoms with Crippen LogP contribution in [0.3, 0.4) is 0 Å². The van der Waals surface area contributed by atoms with Crippen molar-refractivity contribution in [2.24, 2.45) is 0 Å². The molecule has 18 heavy (non-hydrogen) atoms. The molecule has 0 radical (unpaired) electrons. The second kappa shape index (κ2) is 7.68. The lowest BCUT2D eigenvalue weighted by atomic mass is 10.1. The number of rotatable bonds is 6. The summed E-state index contributed by atoms with van der Waals surface area (Å²) in [6.07, 6.45) is -0.687. The maximum atomic E-state index is 11.6. The molecule has 0 bridgehead atoms. The molecule has 1 aromatic rings. The van der Waals surface area contributed by atoms with Crippen molar-refractivity contribution in [1.29, 1.82) is 0 Å². The summed E-state index contributed by atoms with van der Waals surface area (Å²) >= 11 is 0. The van der Waals surface area contributed by atoms with Gasteiger partial charge in [0.05, 0.1) is 18.8 Å². The van der Waals surface area contributed by atoms with Crippen molar-refractivity contribution in [3.63, 3.8) is 0 Å². The summed E-state index contributed by atoms with van der Waals surface area (Å²) in [6, 6.07) is 9.29. The lowest BCUT2D eigenvalue weighted by Crippen LogP contribution is -2.41. The second-order valence-electron chi connectivity index (χ2n) is 4.10. The average molecular weight is 252 g/mol. The summed E-state index contributed by atoms with van der Waals surface area (Å²) < 4.78 is 4.76. The van der Waals surface area contributed by atoms with E-state index < -0.39 is 6.10 Å². The molecule has 1 aromatic carbocycles. The van der Waals surface area contributed by atoms with Crippen molar-refractivity contribution in [1.82, 2.24) is 10.6 Å². The Bertz CT molecular complexity index is 357. The van der Waals surface area contributed by atoms with Gasteiger partial charge in [0.1, 0.15) is 0 Å². The Hall–Kier alpha value is -1.59. The van der Waals surface area contributed by atoms with Crippen molar-refractivity contribution >= 4 is 6.03 Å². The Morgan fingerprint density at radius 1 is 1.39 bits per heavy atom. The Morgan fingerprint density at radius 3 is 2.67 bits per heavy atom. The number of carbonyl (C=O) groups excluding carboxylic acids is 1. The van der Waals surface area contributed by atoms with Crippen LogP contribution >= 0.6 is 0 Å². The quantitative estimate of drug-likeness (QED) is 0.709. The molecule has 100 valence electrons. The van der Waals surface area contributed by atoms with E-state index in [4.69, 9.17) is 4.74 Å². The monoisotopic (exact) mass is 252 g/mol. The average Bonchev–Trinajstić information content (AvgIpc) is 2.38. The highest BCUT2D eigenvalue weighted by atomic mass is 16.5. The minimum absolute atomic E-state index is 0.0780. The van der Waals surface area contributed by atoms with E-state index in [0.29, 0.717) is 0 Å². The Kier molecular flexibility index (Phi) is 6.18. The van der Waals surface area contributed by atoms with Crippen LogP contribution in [0.5, 0.6) is 0 Å². The van der Waals surface area contributed by atoms with E-state index in [1.165, 1.54) is 7.11 Å². The molecule has 5 nitrogen and oxygen atoms in total. The summed E-state index contributed by atoms with van der Waals surface area (Å²) in [4.78, 5) is 11.6. The highest BCUT2D eigenvalue weighted by Crippen LogP contribution is 2.10. The van der Waals surface area contributed by atoms with Crippen LogP contribution in [-0.4, -0.2) is 37.5 Å².